The van der Waals surface area contributed by atoms with Crippen LogP contribution in [0.15, 0.2) is 24.3 Å². The van der Waals surface area contributed by atoms with Crippen LogP contribution in [0.2, 0.25) is 0 Å². The molecular formula is C16H21NO. The van der Waals surface area contributed by atoms with Gasteiger partial charge in [-0.15, -0.1) is 0 Å². The molecule has 1 saturated carbocycles. The second-order valence-corrected chi connectivity index (χ2v) is 6.53. The summed E-state index contributed by atoms with van der Waals surface area (Å²) in [5, 5.41) is 12.5. The lowest BCUT2D eigenvalue weighted by Gasteiger charge is -2.33. The Morgan fingerprint density at radius 1 is 1.11 bits per heavy atom. The second kappa shape index (κ2) is 3.84. The first-order valence-electron chi connectivity index (χ1n) is 6.94. The van der Waals surface area contributed by atoms with E-state index in [1.165, 1.54) is 23.1 Å². The van der Waals surface area contributed by atoms with Crippen LogP contribution in [-0.4, -0.2) is 16.5 Å². The van der Waals surface area contributed by atoms with Gasteiger partial charge in [-0.25, -0.2) is 4.74 Å². The molecule has 2 heteroatoms. The van der Waals surface area contributed by atoms with Gasteiger partial charge in [0.1, 0.15) is 0 Å². The van der Waals surface area contributed by atoms with Crippen molar-refractivity contribution < 1.29 is 4.74 Å². The van der Waals surface area contributed by atoms with Crippen molar-refractivity contribution in [1.82, 2.24) is 0 Å². The zero-order valence-electron chi connectivity index (χ0n) is 11.3. The average Bonchev–Trinajstić information content (AvgIpc) is 2.75. The highest BCUT2D eigenvalue weighted by molar-refractivity contribution is 5.79. The first-order valence-corrected chi connectivity index (χ1v) is 6.94. The Balaban J connectivity index is 2.15. The Kier molecular flexibility index (Phi) is 2.51. The van der Waals surface area contributed by atoms with Crippen molar-refractivity contribution in [3.05, 3.63) is 40.6 Å². The summed E-state index contributed by atoms with van der Waals surface area (Å²) >= 11 is 0. The van der Waals surface area contributed by atoms with Crippen molar-refractivity contribution in [1.29, 1.82) is 0 Å². The average molecular weight is 243 g/mol. The fourth-order valence-corrected chi connectivity index (χ4v) is 3.92. The molecule has 2 nitrogen and oxygen atoms in total. The van der Waals surface area contributed by atoms with E-state index >= 15 is 0 Å². The lowest BCUT2D eigenvalue weighted by Crippen LogP contribution is -2.40. The van der Waals surface area contributed by atoms with Gasteiger partial charge in [-0.2, -0.15) is 0 Å². The summed E-state index contributed by atoms with van der Waals surface area (Å²) in [6.45, 7) is 4.55. The van der Waals surface area contributed by atoms with Crippen LogP contribution in [0.1, 0.15) is 57.1 Å². The molecule has 0 atom stereocenters. The van der Waals surface area contributed by atoms with Crippen LogP contribution in [0.25, 0.3) is 0 Å². The Morgan fingerprint density at radius 2 is 1.78 bits per heavy atom. The van der Waals surface area contributed by atoms with Gasteiger partial charge in [-0.3, -0.25) is 0 Å². The van der Waals surface area contributed by atoms with Gasteiger partial charge < -0.3 is 5.21 Å². The Hall–Kier alpha value is -1.31. The van der Waals surface area contributed by atoms with E-state index in [9.17, 15) is 5.21 Å². The van der Waals surface area contributed by atoms with Gasteiger partial charge in [0.15, 0.2) is 11.8 Å². The zero-order valence-corrected chi connectivity index (χ0v) is 11.3. The van der Waals surface area contributed by atoms with Crippen molar-refractivity contribution >= 4 is 6.21 Å². The summed E-state index contributed by atoms with van der Waals surface area (Å²) in [7, 11) is 0. The molecule has 1 aliphatic heterocycles. The van der Waals surface area contributed by atoms with Crippen LogP contribution < -0.4 is 0 Å². The molecule has 0 bridgehead atoms. The molecule has 1 heterocycles. The van der Waals surface area contributed by atoms with E-state index in [4.69, 9.17) is 0 Å². The third kappa shape index (κ3) is 1.66. The van der Waals surface area contributed by atoms with Gasteiger partial charge in [0, 0.05) is 24.8 Å². The van der Waals surface area contributed by atoms with E-state index in [1.54, 1.807) is 0 Å². The van der Waals surface area contributed by atoms with Gasteiger partial charge in [0.05, 0.1) is 0 Å². The second-order valence-electron chi connectivity index (χ2n) is 6.53. The predicted octanol–water partition coefficient (Wildman–Crippen LogP) is 3.61. The SMILES string of the molecule is CC1(C)CC2(CCCC2)[N+]([O-])=Cc2ccccc21. The summed E-state index contributed by atoms with van der Waals surface area (Å²) < 4.78 is 1.27. The van der Waals surface area contributed by atoms with E-state index in [2.05, 4.69) is 32.0 Å². The van der Waals surface area contributed by atoms with E-state index < -0.39 is 0 Å². The van der Waals surface area contributed by atoms with Crippen LogP contribution >= 0.6 is 0 Å². The van der Waals surface area contributed by atoms with Crippen LogP contribution in [0.4, 0.5) is 0 Å². The molecule has 18 heavy (non-hydrogen) atoms. The van der Waals surface area contributed by atoms with Crippen molar-refractivity contribution in [3.63, 3.8) is 0 Å². The van der Waals surface area contributed by atoms with Crippen LogP contribution in [0.5, 0.6) is 0 Å². The molecule has 0 saturated heterocycles. The Labute approximate surface area is 109 Å². The maximum absolute atomic E-state index is 12.5. The number of nitrogens with zero attached hydrogens (tertiary/aromatic N) is 1. The molecule has 0 N–H and O–H groups in total. The molecule has 0 amide bonds. The smallest absolute Gasteiger partial charge is 0.182 e. The molecule has 1 spiro atoms. The normalized spacial score (nSPS) is 24.4. The summed E-state index contributed by atoms with van der Waals surface area (Å²) in [5.41, 5.74) is 2.34. The van der Waals surface area contributed by atoms with E-state index in [-0.39, 0.29) is 11.0 Å². The lowest BCUT2D eigenvalue weighted by atomic mass is 9.73. The van der Waals surface area contributed by atoms with Gasteiger partial charge in [-0.1, -0.05) is 32.0 Å². The number of fused-ring (bicyclic) bond motifs is 1. The van der Waals surface area contributed by atoms with Crippen molar-refractivity contribution in [2.75, 3.05) is 0 Å². The fourth-order valence-electron chi connectivity index (χ4n) is 3.92. The van der Waals surface area contributed by atoms with E-state index in [0.29, 0.717) is 0 Å². The topological polar surface area (TPSA) is 26.1 Å². The molecule has 0 unspecified atom stereocenters. The van der Waals surface area contributed by atoms with E-state index in [1.807, 2.05) is 12.3 Å². The molecule has 1 aliphatic carbocycles. The van der Waals surface area contributed by atoms with Crippen LogP contribution in [0.3, 0.4) is 0 Å². The molecule has 3 rings (SSSR count). The molecular weight excluding hydrogens is 222 g/mol. The molecule has 1 aromatic carbocycles. The Bertz CT molecular complexity index is 496. The van der Waals surface area contributed by atoms with Crippen molar-refractivity contribution in [2.45, 2.75) is 56.9 Å². The number of hydrogen-bond acceptors (Lipinski definition) is 1. The quantitative estimate of drug-likeness (QED) is 0.505. The molecule has 96 valence electrons. The number of rotatable bonds is 0. The first-order chi connectivity index (χ1) is 8.54. The first kappa shape index (κ1) is 11.8. The Morgan fingerprint density at radius 3 is 2.50 bits per heavy atom. The minimum atomic E-state index is -0.150. The van der Waals surface area contributed by atoms with Crippen molar-refractivity contribution in [2.24, 2.45) is 0 Å². The monoisotopic (exact) mass is 243 g/mol. The number of hydrogen-bond donors (Lipinski definition) is 0. The number of hydroxylamine groups is 1. The zero-order chi connectivity index (χ0) is 12.8. The predicted molar refractivity (Wildman–Crippen MR) is 74.1 cm³/mol. The third-order valence-corrected chi connectivity index (χ3v) is 4.72. The molecule has 1 fully saturated rings. The maximum atomic E-state index is 12.5. The maximum Gasteiger partial charge on any atom is 0.182 e. The van der Waals surface area contributed by atoms with E-state index in [0.717, 1.165) is 24.8 Å². The highest BCUT2D eigenvalue weighted by Gasteiger charge is 2.48. The van der Waals surface area contributed by atoms with Crippen molar-refractivity contribution in [3.8, 4) is 0 Å². The standard InChI is InChI=1S/C16H21NO/c1-15(2)12-16(9-5-6-10-16)17(18)11-13-7-3-4-8-14(13)15/h3-4,7-8,11H,5-6,9-10,12H2,1-2H3. The highest BCUT2D eigenvalue weighted by atomic mass is 16.5. The molecule has 0 aromatic heterocycles. The number of benzene rings is 1. The molecule has 1 aromatic rings. The summed E-state index contributed by atoms with van der Waals surface area (Å²) in [4.78, 5) is 0. The molecule has 0 radical (unpaired) electrons. The third-order valence-electron chi connectivity index (χ3n) is 4.72. The van der Waals surface area contributed by atoms with Gasteiger partial charge >= 0.3 is 0 Å². The summed E-state index contributed by atoms with van der Waals surface area (Å²) in [6, 6.07) is 8.34. The summed E-state index contributed by atoms with van der Waals surface area (Å²) in [6.07, 6.45) is 7.28. The minimum Gasteiger partial charge on any atom is -0.623 e. The lowest BCUT2D eigenvalue weighted by molar-refractivity contribution is -0.546. The van der Waals surface area contributed by atoms with Gasteiger partial charge in [0.25, 0.3) is 0 Å². The largest absolute Gasteiger partial charge is 0.623 e. The fraction of sp³-hybridized carbons (Fsp3) is 0.562. The van der Waals surface area contributed by atoms with Crippen LogP contribution in [-0.2, 0) is 5.41 Å². The molecule has 2 aliphatic rings. The van der Waals surface area contributed by atoms with Crippen LogP contribution in [0, 0.1) is 5.21 Å². The minimum absolute atomic E-state index is 0.0800. The van der Waals surface area contributed by atoms with Gasteiger partial charge in [0.2, 0.25) is 0 Å². The summed E-state index contributed by atoms with van der Waals surface area (Å²) in [5.74, 6) is 0. The van der Waals surface area contributed by atoms with Gasteiger partial charge in [-0.05, 0) is 29.9 Å². The highest BCUT2D eigenvalue weighted by Crippen LogP contribution is 2.45.